The van der Waals surface area contributed by atoms with E-state index in [1.54, 1.807) is 17.3 Å². The molecule has 0 radical (unpaired) electrons. The zero-order valence-electron chi connectivity index (χ0n) is 20.7. The summed E-state index contributed by atoms with van der Waals surface area (Å²) in [5, 5.41) is 6.75. The number of alkyl halides is 1. The Morgan fingerprint density at radius 2 is 1.92 bits per heavy atom. The van der Waals surface area contributed by atoms with Gasteiger partial charge in [-0.25, -0.2) is 14.4 Å². The van der Waals surface area contributed by atoms with Gasteiger partial charge in [-0.15, -0.1) is 0 Å². The van der Waals surface area contributed by atoms with Crippen molar-refractivity contribution in [1.82, 2.24) is 25.2 Å². The third-order valence-electron chi connectivity index (χ3n) is 6.56. The maximum absolute atomic E-state index is 14.0. The highest BCUT2D eigenvalue weighted by Crippen LogP contribution is 2.28. The summed E-state index contributed by atoms with van der Waals surface area (Å²) in [7, 11) is 0. The summed E-state index contributed by atoms with van der Waals surface area (Å²) in [5.41, 5.74) is 2.50. The molecule has 5 rings (SSSR count). The Hall–Kier alpha value is -3.37. The number of fused-ring (bicyclic) bond motifs is 1. The molecule has 2 aliphatic heterocycles. The molecule has 0 saturated carbocycles. The van der Waals surface area contributed by atoms with Crippen molar-refractivity contribution in [3.63, 3.8) is 0 Å². The smallest absolute Gasteiger partial charge is 0.259 e. The van der Waals surface area contributed by atoms with E-state index in [9.17, 15) is 9.18 Å². The molecule has 0 aliphatic carbocycles. The van der Waals surface area contributed by atoms with Crippen LogP contribution in [0.3, 0.4) is 0 Å². The van der Waals surface area contributed by atoms with Crippen LogP contribution in [-0.4, -0.2) is 90.0 Å². The van der Waals surface area contributed by atoms with E-state index < -0.39 is 11.6 Å². The molecule has 10 heteroatoms. The van der Waals surface area contributed by atoms with Crippen molar-refractivity contribution in [2.45, 2.75) is 25.6 Å². The van der Waals surface area contributed by atoms with E-state index in [1.165, 1.54) is 13.8 Å². The van der Waals surface area contributed by atoms with Gasteiger partial charge in [0.25, 0.3) is 5.91 Å². The number of anilines is 2. The van der Waals surface area contributed by atoms with Crippen LogP contribution in [0.5, 0.6) is 0 Å². The van der Waals surface area contributed by atoms with Crippen LogP contribution in [0.2, 0.25) is 0 Å². The van der Waals surface area contributed by atoms with Crippen LogP contribution in [0.4, 0.5) is 15.9 Å². The van der Waals surface area contributed by atoms with Gasteiger partial charge in [0.15, 0.2) is 11.5 Å². The number of benzene rings is 1. The zero-order valence-corrected chi connectivity index (χ0v) is 20.7. The average Bonchev–Trinajstić information content (AvgIpc) is 2.91. The lowest BCUT2D eigenvalue weighted by atomic mass is 10.1. The van der Waals surface area contributed by atoms with Crippen molar-refractivity contribution in [3.8, 4) is 11.3 Å². The minimum atomic E-state index is -1.84. The van der Waals surface area contributed by atoms with Gasteiger partial charge in [-0.1, -0.05) is 12.1 Å². The number of rotatable bonds is 6. The number of carbonyl (C=O) groups excluding carboxylic acids is 1. The molecular formula is C26H32FN7O2. The van der Waals surface area contributed by atoms with Gasteiger partial charge in [0.1, 0.15) is 5.52 Å². The molecule has 1 aromatic carbocycles. The Bertz CT molecular complexity index is 1200. The van der Waals surface area contributed by atoms with E-state index in [-0.39, 0.29) is 6.10 Å². The van der Waals surface area contributed by atoms with Gasteiger partial charge < -0.3 is 25.2 Å². The first-order chi connectivity index (χ1) is 17.4. The number of hydrogen-bond donors (Lipinski definition) is 2. The molecule has 3 aromatic rings. The SMILES string of the molecule is CC(C)(F)C(=O)N1CCN(c2ccc(-c3cc4nccnc4c(NC[C@@H]4CNCCO4)n3)cc2)CC1. The molecule has 2 aromatic heterocycles. The molecule has 1 amide bonds. The number of nitrogens with zero attached hydrogens (tertiary/aromatic N) is 5. The fourth-order valence-corrected chi connectivity index (χ4v) is 4.59. The standard InChI is InChI=1S/C26H32FN7O2/c1-26(2,27)25(35)34-12-10-33(11-13-34)19-5-3-18(4-6-19)21-15-22-23(30-8-7-29-22)24(32-21)31-17-20-16-28-9-14-36-20/h3-8,15,20,28H,9-14,16-17H2,1-2H3,(H,31,32)/t20-/m0/s1. The Morgan fingerprint density at radius 3 is 2.61 bits per heavy atom. The van der Waals surface area contributed by atoms with Crippen molar-refractivity contribution in [1.29, 1.82) is 0 Å². The van der Waals surface area contributed by atoms with E-state index in [4.69, 9.17) is 9.72 Å². The molecule has 190 valence electrons. The number of hydrogen-bond acceptors (Lipinski definition) is 8. The lowest BCUT2D eigenvalue weighted by Crippen LogP contribution is -2.53. The number of amides is 1. The number of ether oxygens (including phenoxy) is 1. The van der Waals surface area contributed by atoms with Crippen LogP contribution in [0.15, 0.2) is 42.7 Å². The summed E-state index contributed by atoms with van der Waals surface area (Å²) in [4.78, 5) is 29.9. The van der Waals surface area contributed by atoms with E-state index in [0.29, 0.717) is 45.1 Å². The van der Waals surface area contributed by atoms with Crippen molar-refractivity contribution in [2.24, 2.45) is 0 Å². The molecule has 0 unspecified atom stereocenters. The summed E-state index contributed by atoms with van der Waals surface area (Å²) in [6.07, 6.45) is 3.42. The molecule has 36 heavy (non-hydrogen) atoms. The van der Waals surface area contributed by atoms with Gasteiger partial charge in [0.2, 0.25) is 0 Å². The highest BCUT2D eigenvalue weighted by molar-refractivity contribution is 5.88. The topological polar surface area (TPSA) is 95.5 Å². The summed E-state index contributed by atoms with van der Waals surface area (Å²) in [5.74, 6) is 0.240. The number of halogens is 1. The second-order valence-electron chi connectivity index (χ2n) is 9.66. The quantitative estimate of drug-likeness (QED) is 0.541. The van der Waals surface area contributed by atoms with Gasteiger partial charge in [0.05, 0.1) is 23.9 Å². The Morgan fingerprint density at radius 1 is 1.17 bits per heavy atom. The predicted molar refractivity (Wildman–Crippen MR) is 138 cm³/mol. The third-order valence-corrected chi connectivity index (χ3v) is 6.56. The molecule has 9 nitrogen and oxygen atoms in total. The number of piperazine rings is 1. The molecular weight excluding hydrogens is 461 g/mol. The minimum Gasteiger partial charge on any atom is -0.374 e. The molecule has 1 atom stereocenters. The number of carbonyl (C=O) groups is 1. The first-order valence-electron chi connectivity index (χ1n) is 12.4. The predicted octanol–water partition coefficient (Wildman–Crippen LogP) is 2.49. The second kappa shape index (κ2) is 10.3. The van der Waals surface area contributed by atoms with Crippen LogP contribution in [-0.2, 0) is 9.53 Å². The molecule has 0 spiro atoms. The highest BCUT2D eigenvalue weighted by Gasteiger charge is 2.33. The Kier molecular flexibility index (Phi) is 6.97. The number of nitrogens with one attached hydrogen (secondary N) is 2. The number of morpholine rings is 1. The molecule has 2 N–H and O–H groups in total. The molecule has 2 aliphatic rings. The summed E-state index contributed by atoms with van der Waals surface area (Å²) < 4.78 is 19.8. The van der Waals surface area contributed by atoms with E-state index in [2.05, 4.69) is 37.6 Å². The van der Waals surface area contributed by atoms with Gasteiger partial charge in [-0.2, -0.15) is 0 Å². The summed E-state index contributed by atoms with van der Waals surface area (Å²) >= 11 is 0. The molecule has 0 bridgehead atoms. The number of pyridine rings is 1. The van der Waals surface area contributed by atoms with Crippen LogP contribution < -0.4 is 15.5 Å². The first kappa shape index (κ1) is 24.3. The van der Waals surface area contributed by atoms with Crippen molar-refractivity contribution >= 4 is 28.4 Å². The van der Waals surface area contributed by atoms with E-state index >= 15 is 0 Å². The molecule has 4 heterocycles. The fourth-order valence-electron chi connectivity index (χ4n) is 4.59. The Balaban J connectivity index is 1.30. The first-order valence-corrected chi connectivity index (χ1v) is 12.4. The van der Waals surface area contributed by atoms with Gasteiger partial charge in [0, 0.05) is 69.5 Å². The molecule has 2 saturated heterocycles. The third kappa shape index (κ3) is 5.39. The average molecular weight is 494 g/mol. The fraction of sp³-hybridized carbons (Fsp3) is 0.462. The van der Waals surface area contributed by atoms with E-state index in [0.717, 1.165) is 41.1 Å². The lowest BCUT2D eigenvalue weighted by Gasteiger charge is -2.37. The van der Waals surface area contributed by atoms with Crippen LogP contribution in [0, 0.1) is 0 Å². The van der Waals surface area contributed by atoms with Gasteiger partial charge in [-0.3, -0.25) is 9.78 Å². The van der Waals surface area contributed by atoms with Crippen LogP contribution in [0.25, 0.3) is 22.3 Å². The van der Waals surface area contributed by atoms with E-state index in [1.807, 2.05) is 18.2 Å². The van der Waals surface area contributed by atoms with Crippen molar-refractivity contribution < 1.29 is 13.9 Å². The lowest BCUT2D eigenvalue weighted by molar-refractivity contribution is -0.142. The monoisotopic (exact) mass is 493 g/mol. The number of aromatic nitrogens is 3. The van der Waals surface area contributed by atoms with Crippen LogP contribution in [0.1, 0.15) is 13.8 Å². The zero-order chi connectivity index (χ0) is 25.1. The Labute approximate surface area is 210 Å². The largest absolute Gasteiger partial charge is 0.374 e. The molecule has 2 fully saturated rings. The summed E-state index contributed by atoms with van der Waals surface area (Å²) in [6.45, 7) is 7.97. The highest BCUT2D eigenvalue weighted by atomic mass is 19.1. The van der Waals surface area contributed by atoms with Crippen molar-refractivity contribution in [3.05, 3.63) is 42.7 Å². The normalized spacial score (nSPS) is 18.9. The van der Waals surface area contributed by atoms with Crippen molar-refractivity contribution in [2.75, 3.05) is 62.6 Å². The maximum atomic E-state index is 14.0. The van der Waals surface area contributed by atoms with Gasteiger partial charge in [-0.05, 0) is 32.0 Å². The van der Waals surface area contributed by atoms with Gasteiger partial charge >= 0.3 is 0 Å². The second-order valence-corrected chi connectivity index (χ2v) is 9.66. The maximum Gasteiger partial charge on any atom is 0.259 e. The van der Waals surface area contributed by atoms with Crippen LogP contribution >= 0.6 is 0 Å². The minimum absolute atomic E-state index is 0.0712. The summed E-state index contributed by atoms with van der Waals surface area (Å²) in [6, 6.07) is 10.1.